The third kappa shape index (κ3) is 2.44. The zero-order valence-corrected chi connectivity index (χ0v) is 12.5. The molecule has 1 N–H and O–H groups in total. The van der Waals surface area contributed by atoms with E-state index in [0.717, 1.165) is 18.7 Å². The molecule has 1 fully saturated rings. The number of carbonyl (C=O) groups excluding carboxylic acids is 1. The molecule has 1 atom stereocenters. The Balaban J connectivity index is 1.88. The van der Waals surface area contributed by atoms with Crippen molar-refractivity contribution in [2.24, 2.45) is 0 Å². The number of H-pyrrole nitrogens is 1. The number of rotatable bonds is 2. The molecular weight excluding hydrogens is 280 g/mol. The van der Waals surface area contributed by atoms with Crippen molar-refractivity contribution in [1.29, 1.82) is 5.26 Å². The van der Waals surface area contributed by atoms with Crippen LogP contribution < -0.4 is 0 Å². The fourth-order valence-electron chi connectivity index (χ4n) is 2.73. The summed E-state index contributed by atoms with van der Waals surface area (Å²) in [5, 5.41) is 15.9. The standard InChI is InChI=1S/C15H16N6O/c1-9-11(8-16)5-6-12(17-9)15(22)21-7-3-4-13(21)14-18-10(2)19-20-14/h5-6,13H,3-4,7H2,1-2H3,(H,18,19,20)/t13-/m0/s1. The highest BCUT2D eigenvalue weighted by molar-refractivity contribution is 5.92. The average molecular weight is 296 g/mol. The van der Waals surface area contributed by atoms with E-state index in [1.165, 1.54) is 0 Å². The highest BCUT2D eigenvalue weighted by Crippen LogP contribution is 2.30. The van der Waals surface area contributed by atoms with Gasteiger partial charge in [-0.1, -0.05) is 0 Å². The predicted molar refractivity (Wildman–Crippen MR) is 77.8 cm³/mol. The second-order valence-electron chi connectivity index (χ2n) is 5.38. The van der Waals surface area contributed by atoms with Crippen LogP contribution in [0.2, 0.25) is 0 Å². The molecule has 7 heteroatoms. The Morgan fingerprint density at radius 1 is 1.41 bits per heavy atom. The molecule has 0 radical (unpaired) electrons. The number of aromatic nitrogens is 4. The van der Waals surface area contributed by atoms with Gasteiger partial charge in [0.05, 0.1) is 17.3 Å². The number of hydrogen-bond donors (Lipinski definition) is 1. The molecule has 112 valence electrons. The number of pyridine rings is 1. The highest BCUT2D eigenvalue weighted by Gasteiger charge is 2.33. The number of aryl methyl sites for hydroxylation is 2. The van der Waals surface area contributed by atoms with Crippen LogP contribution in [0.3, 0.4) is 0 Å². The molecule has 7 nitrogen and oxygen atoms in total. The van der Waals surface area contributed by atoms with E-state index in [4.69, 9.17) is 5.26 Å². The Morgan fingerprint density at radius 3 is 2.86 bits per heavy atom. The number of nitrogens with zero attached hydrogens (tertiary/aromatic N) is 5. The van der Waals surface area contributed by atoms with Gasteiger partial charge in [-0.2, -0.15) is 10.4 Å². The van der Waals surface area contributed by atoms with Crippen LogP contribution in [0.4, 0.5) is 0 Å². The van der Waals surface area contributed by atoms with Crippen LogP contribution in [-0.4, -0.2) is 37.5 Å². The van der Waals surface area contributed by atoms with Crippen LogP contribution in [0.5, 0.6) is 0 Å². The van der Waals surface area contributed by atoms with E-state index < -0.39 is 0 Å². The van der Waals surface area contributed by atoms with Crippen molar-refractivity contribution < 1.29 is 4.79 Å². The van der Waals surface area contributed by atoms with Gasteiger partial charge in [0.15, 0.2) is 5.82 Å². The smallest absolute Gasteiger partial charge is 0.273 e. The van der Waals surface area contributed by atoms with Gasteiger partial charge in [0, 0.05) is 6.54 Å². The Labute approximate surface area is 128 Å². The monoisotopic (exact) mass is 296 g/mol. The van der Waals surface area contributed by atoms with E-state index in [1.54, 1.807) is 24.0 Å². The SMILES string of the molecule is Cc1nc([C@@H]2CCCN2C(=O)c2ccc(C#N)c(C)n2)n[nH]1. The lowest BCUT2D eigenvalue weighted by molar-refractivity contribution is 0.0724. The summed E-state index contributed by atoms with van der Waals surface area (Å²) in [4.78, 5) is 23.1. The molecule has 22 heavy (non-hydrogen) atoms. The molecule has 0 unspecified atom stereocenters. The van der Waals surface area contributed by atoms with Crippen LogP contribution in [0.15, 0.2) is 12.1 Å². The number of nitriles is 1. The van der Waals surface area contributed by atoms with E-state index in [2.05, 4.69) is 26.2 Å². The Bertz CT molecular complexity index is 760. The molecular formula is C15H16N6O. The first-order valence-electron chi connectivity index (χ1n) is 7.18. The lowest BCUT2D eigenvalue weighted by Crippen LogP contribution is -2.32. The van der Waals surface area contributed by atoms with Crippen LogP contribution in [0.1, 0.15) is 52.3 Å². The second kappa shape index (κ2) is 5.56. The lowest BCUT2D eigenvalue weighted by Gasteiger charge is -2.22. The third-order valence-electron chi connectivity index (χ3n) is 3.85. The number of nitrogens with one attached hydrogen (secondary N) is 1. The van der Waals surface area contributed by atoms with Crippen molar-refractivity contribution in [2.75, 3.05) is 6.54 Å². The molecule has 3 heterocycles. The summed E-state index contributed by atoms with van der Waals surface area (Å²) < 4.78 is 0. The predicted octanol–water partition coefficient (Wildman–Crippen LogP) is 1.67. The van der Waals surface area contributed by atoms with Gasteiger partial charge in [-0.05, 0) is 38.8 Å². The Hall–Kier alpha value is -2.75. The summed E-state index contributed by atoms with van der Waals surface area (Å²) >= 11 is 0. The molecule has 1 aliphatic rings. The Kier molecular flexibility index (Phi) is 3.59. The van der Waals surface area contributed by atoms with Gasteiger partial charge < -0.3 is 4.90 Å². The molecule has 0 bridgehead atoms. The zero-order chi connectivity index (χ0) is 15.7. The second-order valence-corrected chi connectivity index (χ2v) is 5.38. The van der Waals surface area contributed by atoms with Gasteiger partial charge in [-0.25, -0.2) is 9.97 Å². The van der Waals surface area contributed by atoms with E-state index in [0.29, 0.717) is 29.3 Å². The minimum Gasteiger partial charge on any atom is -0.327 e. The number of likely N-dealkylation sites (tertiary alicyclic amines) is 1. The van der Waals surface area contributed by atoms with Crippen molar-refractivity contribution in [3.8, 4) is 6.07 Å². The van der Waals surface area contributed by atoms with Gasteiger partial charge in [0.2, 0.25) is 0 Å². The molecule has 1 amide bonds. The Morgan fingerprint density at radius 2 is 2.23 bits per heavy atom. The summed E-state index contributed by atoms with van der Waals surface area (Å²) in [7, 11) is 0. The number of amides is 1. The first-order valence-corrected chi connectivity index (χ1v) is 7.18. The molecule has 3 rings (SSSR count). The molecule has 2 aromatic rings. The number of carbonyl (C=O) groups is 1. The van der Waals surface area contributed by atoms with Crippen molar-refractivity contribution in [3.63, 3.8) is 0 Å². The summed E-state index contributed by atoms with van der Waals surface area (Å²) in [6.45, 7) is 4.23. The van der Waals surface area contributed by atoms with E-state index in [9.17, 15) is 4.79 Å². The largest absolute Gasteiger partial charge is 0.327 e. The van der Waals surface area contributed by atoms with Crippen LogP contribution in [0, 0.1) is 25.2 Å². The normalized spacial score (nSPS) is 17.5. The molecule has 1 aliphatic heterocycles. The highest BCUT2D eigenvalue weighted by atomic mass is 16.2. The maximum absolute atomic E-state index is 12.7. The van der Waals surface area contributed by atoms with Gasteiger partial charge >= 0.3 is 0 Å². The van der Waals surface area contributed by atoms with Crippen molar-refractivity contribution >= 4 is 5.91 Å². The maximum Gasteiger partial charge on any atom is 0.273 e. The van der Waals surface area contributed by atoms with E-state index in [-0.39, 0.29) is 11.9 Å². The molecule has 0 saturated carbocycles. The van der Waals surface area contributed by atoms with Crippen molar-refractivity contribution in [3.05, 3.63) is 40.7 Å². The van der Waals surface area contributed by atoms with Gasteiger partial charge in [0.1, 0.15) is 17.6 Å². The lowest BCUT2D eigenvalue weighted by atomic mass is 10.1. The topological polar surface area (TPSA) is 98.6 Å². The van der Waals surface area contributed by atoms with Gasteiger partial charge in [-0.3, -0.25) is 9.89 Å². The third-order valence-corrected chi connectivity index (χ3v) is 3.85. The first kappa shape index (κ1) is 14.2. The van der Waals surface area contributed by atoms with E-state index in [1.807, 2.05) is 6.92 Å². The number of aromatic amines is 1. The minimum absolute atomic E-state index is 0.116. The summed E-state index contributed by atoms with van der Waals surface area (Å²) in [5.74, 6) is 1.24. The van der Waals surface area contributed by atoms with Crippen LogP contribution in [-0.2, 0) is 0 Å². The van der Waals surface area contributed by atoms with Crippen LogP contribution >= 0.6 is 0 Å². The summed E-state index contributed by atoms with van der Waals surface area (Å²) in [6.07, 6.45) is 1.76. The minimum atomic E-state index is -0.141. The fraction of sp³-hybridized carbons (Fsp3) is 0.400. The molecule has 0 aromatic carbocycles. The quantitative estimate of drug-likeness (QED) is 0.908. The summed E-state index contributed by atoms with van der Waals surface area (Å²) in [5.41, 5.74) is 1.41. The van der Waals surface area contributed by atoms with Crippen molar-refractivity contribution in [2.45, 2.75) is 32.7 Å². The number of hydrogen-bond acceptors (Lipinski definition) is 5. The molecule has 0 spiro atoms. The van der Waals surface area contributed by atoms with Crippen LogP contribution in [0.25, 0.3) is 0 Å². The molecule has 1 saturated heterocycles. The first-order chi connectivity index (χ1) is 10.6. The zero-order valence-electron chi connectivity index (χ0n) is 12.5. The molecule has 2 aromatic heterocycles. The average Bonchev–Trinajstić information content (AvgIpc) is 3.14. The fourth-order valence-corrected chi connectivity index (χ4v) is 2.73. The van der Waals surface area contributed by atoms with Gasteiger partial charge in [-0.15, -0.1) is 0 Å². The van der Waals surface area contributed by atoms with E-state index >= 15 is 0 Å². The van der Waals surface area contributed by atoms with Crippen molar-refractivity contribution in [1.82, 2.24) is 25.1 Å². The maximum atomic E-state index is 12.7. The van der Waals surface area contributed by atoms with Gasteiger partial charge in [0.25, 0.3) is 5.91 Å². The molecule has 0 aliphatic carbocycles. The summed E-state index contributed by atoms with van der Waals surface area (Å²) in [6, 6.07) is 5.18.